The Labute approximate surface area is 137 Å². The molecule has 3 nitrogen and oxygen atoms in total. The molecule has 2 aromatic carbocycles. The standard InChI is InChI=1S/C18H20N2O.ClH/c19-17(12-14-6-2-1-3-7-14)18(21)20-11-10-15-8-4-5-9-16(15)13-20;/h1-9,17H,10-13,19H2;1H/t17-;/m1./s1. The van der Waals surface area contributed by atoms with Crippen LogP contribution in [0.3, 0.4) is 0 Å². The molecular formula is C18H21ClN2O. The molecule has 1 aliphatic heterocycles. The predicted molar refractivity (Wildman–Crippen MR) is 90.9 cm³/mol. The van der Waals surface area contributed by atoms with E-state index in [4.69, 9.17) is 5.73 Å². The predicted octanol–water partition coefficient (Wildman–Crippen LogP) is 2.56. The summed E-state index contributed by atoms with van der Waals surface area (Å²) in [5.41, 5.74) is 9.80. The van der Waals surface area contributed by atoms with E-state index in [1.165, 1.54) is 11.1 Å². The van der Waals surface area contributed by atoms with Crippen molar-refractivity contribution in [1.29, 1.82) is 0 Å². The normalized spacial score (nSPS) is 14.7. The molecule has 0 unspecified atom stereocenters. The van der Waals surface area contributed by atoms with E-state index < -0.39 is 6.04 Å². The van der Waals surface area contributed by atoms with Gasteiger partial charge in [0.1, 0.15) is 0 Å². The lowest BCUT2D eigenvalue weighted by molar-refractivity contribution is -0.133. The first-order valence-corrected chi connectivity index (χ1v) is 7.39. The van der Waals surface area contributed by atoms with E-state index in [-0.39, 0.29) is 18.3 Å². The summed E-state index contributed by atoms with van der Waals surface area (Å²) < 4.78 is 0. The summed E-state index contributed by atoms with van der Waals surface area (Å²) in [6.45, 7) is 1.44. The second-order valence-corrected chi connectivity index (χ2v) is 5.57. The fourth-order valence-electron chi connectivity index (χ4n) is 2.87. The molecule has 0 radical (unpaired) electrons. The van der Waals surface area contributed by atoms with Gasteiger partial charge in [-0.2, -0.15) is 0 Å². The molecule has 2 N–H and O–H groups in total. The third-order valence-corrected chi connectivity index (χ3v) is 4.06. The van der Waals surface area contributed by atoms with E-state index in [1.54, 1.807) is 0 Å². The minimum absolute atomic E-state index is 0. The Morgan fingerprint density at radius 2 is 1.68 bits per heavy atom. The highest BCUT2D eigenvalue weighted by molar-refractivity contribution is 5.85. The summed E-state index contributed by atoms with van der Waals surface area (Å²) in [5.74, 6) is 0.0494. The Balaban J connectivity index is 0.00000176. The third kappa shape index (κ3) is 3.67. The number of carbonyl (C=O) groups is 1. The molecule has 1 heterocycles. The number of nitrogens with zero attached hydrogens (tertiary/aromatic N) is 1. The molecule has 2 aromatic rings. The first-order chi connectivity index (χ1) is 10.2. The summed E-state index contributed by atoms with van der Waals surface area (Å²) in [6.07, 6.45) is 1.51. The van der Waals surface area contributed by atoms with Gasteiger partial charge >= 0.3 is 0 Å². The molecule has 22 heavy (non-hydrogen) atoms. The molecule has 1 aliphatic rings. The van der Waals surface area contributed by atoms with E-state index >= 15 is 0 Å². The van der Waals surface area contributed by atoms with Crippen LogP contribution in [0.1, 0.15) is 16.7 Å². The van der Waals surface area contributed by atoms with Crippen molar-refractivity contribution in [2.24, 2.45) is 5.73 Å². The van der Waals surface area contributed by atoms with Gasteiger partial charge in [-0.25, -0.2) is 0 Å². The molecule has 0 spiro atoms. The zero-order valence-electron chi connectivity index (χ0n) is 12.4. The second-order valence-electron chi connectivity index (χ2n) is 5.57. The average Bonchev–Trinajstić information content (AvgIpc) is 2.54. The van der Waals surface area contributed by atoms with Crippen molar-refractivity contribution in [3.63, 3.8) is 0 Å². The van der Waals surface area contributed by atoms with Crippen molar-refractivity contribution in [2.75, 3.05) is 6.54 Å². The van der Waals surface area contributed by atoms with Crippen molar-refractivity contribution in [3.05, 3.63) is 71.3 Å². The van der Waals surface area contributed by atoms with Crippen LogP contribution in [0.4, 0.5) is 0 Å². The van der Waals surface area contributed by atoms with Crippen molar-refractivity contribution >= 4 is 18.3 Å². The summed E-state index contributed by atoms with van der Waals surface area (Å²) in [7, 11) is 0. The first-order valence-electron chi connectivity index (χ1n) is 7.39. The second kappa shape index (κ2) is 7.43. The van der Waals surface area contributed by atoms with Crippen molar-refractivity contribution < 1.29 is 4.79 Å². The lowest BCUT2D eigenvalue weighted by Gasteiger charge is -2.30. The highest BCUT2D eigenvalue weighted by Gasteiger charge is 2.24. The molecule has 3 rings (SSSR count). The number of hydrogen-bond donors (Lipinski definition) is 1. The third-order valence-electron chi connectivity index (χ3n) is 4.06. The fraction of sp³-hybridized carbons (Fsp3) is 0.278. The largest absolute Gasteiger partial charge is 0.337 e. The van der Waals surface area contributed by atoms with Gasteiger partial charge in [0.05, 0.1) is 6.04 Å². The van der Waals surface area contributed by atoms with Gasteiger partial charge in [-0.05, 0) is 29.5 Å². The minimum atomic E-state index is -0.460. The van der Waals surface area contributed by atoms with E-state index in [9.17, 15) is 4.79 Å². The topological polar surface area (TPSA) is 46.3 Å². The Morgan fingerprint density at radius 1 is 1.05 bits per heavy atom. The Hall–Kier alpha value is -1.84. The number of benzene rings is 2. The maximum absolute atomic E-state index is 12.5. The number of rotatable bonds is 3. The minimum Gasteiger partial charge on any atom is -0.337 e. The van der Waals surface area contributed by atoms with Crippen LogP contribution in [0, 0.1) is 0 Å². The molecule has 4 heteroatoms. The SMILES string of the molecule is Cl.N[C@H](Cc1ccccc1)C(=O)N1CCc2ccccc2C1. The van der Waals surface area contributed by atoms with Gasteiger partial charge in [0.2, 0.25) is 5.91 Å². The number of fused-ring (bicyclic) bond motifs is 1. The van der Waals surface area contributed by atoms with E-state index in [0.29, 0.717) is 13.0 Å². The smallest absolute Gasteiger partial charge is 0.240 e. The summed E-state index contributed by atoms with van der Waals surface area (Å²) in [4.78, 5) is 14.4. The van der Waals surface area contributed by atoms with Gasteiger partial charge in [0.15, 0.2) is 0 Å². The zero-order chi connectivity index (χ0) is 14.7. The average molecular weight is 317 g/mol. The van der Waals surface area contributed by atoms with Crippen LogP contribution in [0.2, 0.25) is 0 Å². The Morgan fingerprint density at radius 3 is 2.41 bits per heavy atom. The summed E-state index contributed by atoms with van der Waals surface area (Å²) in [5, 5.41) is 0. The zero-order valence-corrected chi connectivity index (χ0v) is 13.3. The molecule has 1 atom stereocenters. The van der Waals surface area contributed by atoms with E-state index in [1.807, 2.05) is 41.3 Å². The lowest BCUT2D eigenvalue weighted by atomic mass is 9.98. The number of halogens is 1. The van der Waals surface area contributed by atoms with Crippen LogP contribution in [0.25, 0.3) is 0 Å². The van der Waals surface area contributed by atoms with E-state index in [0.717, 1.165) is 18.5 Å². The maximum Gasteiger partial charge on any atom is 0.240 e. The van der Waals surface area contributed by atoms with Gasteiger partial charge in [-0.3, -0.25) is 4.79 Å². The van der Waals surface area contributed by atoms with Crippen LogP contribution < -0.4 is 5.73 Å². The quantitative estimate of drug-likeness (QED) is 0.946. The van der Waals surface area contributed by atoms with Gasteiger partial charge in [0.25, 0.3) is 0 Å². The maximum atomic E-state index is 12.5. The number of nitrogens with two attached hydrogens (primary N) is 1. The summed E-state index contributed by atoms with van der Waals surface area (Å²) in [6, 6.07) is 17.8. The molecule has 0 aliphatic carbocycles. The molecular weight excluding hydrogens is 296 g/mol. The molecule has 0 aromatic heterocycles. The van der Waals surface area contributed by atoms with Gasteiger partial charge < -0.3 is 10.6 Å². The molecule has 0 saturated carbocycles. The highest BCUT2D eigenvalue weighted by atomic mass is 35.5. The van der Waals surface area contributed by atoms with E-state index in [2.05, 4.69) is 18.2 Å². The van der Waals surface area contributed by atoms with Gasteiger partial charge in [-0.15, -0.1) is 12.4 Å². The highest BCUT2D eigenvalue weighted by Crippen LogP contribution is 2.19. The summed E-state index contributed by atoms with van der Waals surface area (Å²) >= 11 is 0. The number of carbonyl (C=O) groups excluding carboxylic acids is 1. The van der Waals surface area contributed by atoms with Crippen molar-refractivity contribution in [1.82, 2.24) is 4.90 Å². The Bertz CT molecular complexity index is 630. The number of hydrogen-bond acceptors (Lipinski definition) is 2. The van der Waals surface area contributed by atoms with Crippen LogP contribution in [-0.4, -0.2) is 23.4 Å². The molecule has 0 bridgehead atoms. The van der Waals surface area contributed by atoms with Crippen LogP contribution in [-0.2, 0) is 24.2 Å². The van der Waals surface area contributed by atoms with Gasteiger partial charge in [-0.1, -0.05) is 54.6 Å². The molecule has 1 amide bonds. The first kappa shape index (κ1) is 16.5. The lowest BCUT2D eigenvalue weighted by Crippen LogP contribution is -2.46. The Kier molecular flexibility index (Phi) is 5.58. The molecule has 0 saturated heterocycles. The molecule has 0 fully saturated rings. The van der Waals surface area contributed by atoms with Crippen molar-refractivity contribution in [3.8, 4) is 0 Å². The van der Waals surface area contributed by atoms with Crippen molar-refractivity contribution in [2.45, 2.75) is 25.4 Å². The molecule has 116 valence electrons. The van der Waals surface area contributed by atoms with Crippen LogP contribution in [0.15, 0.2) is 54.6 Å². The number of amides is 1. The fourth-order valence-corrected chi connectivity index (χ4v) is 2.87. The van der Waals surface area contributed by atoms with Gasteiger partial charge in [0, 0.05) is 13.1 Å². The van der Waals surface area contributed by atoms with Crippen LogP contribution in [0.5, 0.6) is 0 Å². The van der Waals surface area contributed by atoms with Crippen LogP contribution >= 0.6 is 12.4 Å². The monoisotopic (exact) mass is 316 g/mol.